The van der Waals surface area contributed by atoms with E-state index in [1.54, 1.807) is 11.3 Å². The summed E-state index contributed by atoms with van der Waals surface area (Å²) in [7, 11) is 2.05. The fourth-order valence-corrected chi connectivity index (χ4v) is 4.76. The van der Waals surface area contributed by atoms with Gasteiger partial charge in [-0.1, -0.05) is 11.6 Å². The van der Waals surface area contributed by atoms with Crippen LogP contribution in [0.25, 0.3) is 0 Å². The van der Waals surface area contributed by atoms with E-state index in [4.69, 9.17) is 16.3 Å². The third-order valence-corrected chi connectivity index (χ3v) is 5.95. The first-order valence-electron chi connectivity index (χ1n) is 6.78. The van der Waals surface area contributed by atoms with Crippen LogP contribution in [0.5, 0.6) is 0 Å². The van der Waals surface area contributed by atoms with Crippen molar-refractivity contribution in [2.24, 2.45) is 5.92 Å². The minimum atomic E-state index is 0.210. The predicted octanol–water partition coefficient (Wildman–Crippen LogP) is 4.01. The molecule has 3 rings (SSSR count). The average molecular weight is 286 g/mol. The maximum Gasteiger partial charge on any atom is 0.0686 e. The Kier molecular flexibility index (Phi) is 3.68. The van der Waals surface area contributed by atoms with Crippen molar-refractivity contribution in [1.29, 1.82) is 0 Å². The van der Waals surface area contributed by atoms with E-state index in [2.05, 4.69) is 10.7 Å². The molecule has 1 saturated heterocycles. The van der Waals surface area contributed by atoms with E-state index in [0.29, 0.717) is 12.0 Å². The molecule has 1 aliphatic carbocycles. The van der Waals surface area contributed by atoms with Gasteiger partial charge in [-0.2, -0.15) is 0 Å². The lowest BCUT2D eigenvalue weighted by Gasteiger charge is -2.48. The van der Waals surface area contributed by atoms with Crippen LogP contribution in [0.3, 0.4) is 0 Å². The highest BCUT2D eigenvalue weighted by Gasteiger charge is 2.44. The second-order valence-corrected chi connectivity index (χ2v) is 6.89. The molecular formula is C14H20ClNOS. The zero-order valence-corrected chi connectivity index (χ0v) is 12.3. The summed E-state index contributed by atoms with van der Waals surface area (Å²) in [5.74, 6) is 0.653. The van der Waals surface area contributed by atoms with Crippen LogP contribution in [0.2, 0.25) is 5.02 Å². The number of thiophene rings is 1. The Morgan fingerprint density at radius 3 is 2.94 bits per heavy atom. The van der Waals surface area contributed by atoms with Gasteiger partial charge in [-0.3, -0.25) is 0 Å². The van der Waals surface area contributed by atoms with Crippen LogP contribution in [0, 0.1) is 5.92 Å². The largest absolute Gasteiger partial charge is 0.375 e. The third-order valence-electron chi connectivity index (χ3n) is 4.51. The molecule has 2 nitrogen and oxygen atoms in total. The Hall–Kier alpha value is -0.0900. The predicted molar refractivity (Wildman–Crippen MR) is 76.4 cm³/mol. The van der Waals surface area contributed by atoms with E-state index >= 15 is 0 Å². The summed E-state index contributed by atoms with van der Waals surface area (Å²) in [6, 6.07) is 2.39. The van der Waals surface area contributed by atoms with Gasteiger partial charge in [-0.05, 0) is 56.5 Å². The summed E-state index contributed by atoms with van der Waals surface area (Å²) in [6.45, 7) is 0.909. The number of nitrogens with one attached hydrogen (secondary N) is 1. The normalized spacial score (nSPS) is 28.0. The molecule has 0 bridgehead atoms. The van der Waals surface area contributed by atoms with E-state index in [9.17, 15) is 0 Å². The molecule has 1 spiro atoms. The Morgan fingerprint density at radius 1 is 1.56 bits per heavy atom. The fraction of sp³-hybridized carbons (Fsp3) is 0.714. The van der Waals surface area contributed by atoms with Crippen molar-refractivity contribution in [3.05, 3.63) is 21.3 Å². The third kappa shape index (κ3) is 2.22. The fourth-order valence-electron chi connectivity index (χ4n) is 3.38. The molecule has 2 atom stereocenters. The maximum atomic E-state index is 6.29. The lowest BCUT2D eigenvalue weighted by Crippen LogP contribution is -2.47. The van der Waals surface area contributed by atoms with Gasteiger partial charge in [0, 0.05) is 17.5 Å². The molecule has 2 aliphatic rings. The minimum Gasteiger partial charge on any atom is -0.375 e. The first-order chi connectivity index (χ1) is 8.74. The number of ether oxygens (including phenoxy) is 1. The van der Waals surface area contributed by atoms with Crippen LogP contribution in [0.15, 0.2) is 11.4 Å². The van der Waals surface area contributed by atoms with Crippen molar-refractivity contribution in [2.45, 2.75) is 43.7 Å². The zero-order chi connectivity index (χ0) is 12.6. The lowest BCUT2D eigenvalue weighted by atomic mass is 9.70. The van der Waals surface area contributed by atoms with Gasteiger partial charge in [0.05, 0.1) is 10.6 Å². The van der Waals surface area contributed by atoms with Crippen molar-refractivity contribution < 1.29 is 4.74 Å². The second kappa shape index (κ2) is 5.12. The van der Waals surface area contributed by atoms with Crippen LogP contribution in [-0.4, -0.2) is 19.3 Å². The highest BCUT2D eigenvalue weighted by Crippen LogP contribution is 2.48. The number of halogens is 1. The molecular weight excluding hydrogens is 266 g/mol. The van der Waals surface area contributed by atoms with Gasteiger partial charge in [-0.15, -0.1) is 11.3 Å². The Labute approximate surface area is 118 Å². The van der Waals surface area contributed by atoms with Gasteiger partial charge in [-0.25, -0.2) is 0 Å². The molecule has 1 N–H and O–H groups in total. The average Bonchev–Trinajstić information content (AvgIpc) is 2.75. The number of hydrogen-bond acceptors (Lipinski definition) is 3. The molecule has 0 radical (unpaired) electrons. The summed E-state index contributed by atoms with van der Waals surface area (Å²) >= 11 is 8.06. The van der Waals surface area contributed by atoms with Gasteiger partial charge in [0.2, 0.25) is 0 Å². The summed E-state index contributed by atoms with van der Waals surface area (Å²) in [4.78, 5) is 1.29. The van der Waals surface area contributed by atoms with Crippen molar-refractivity contribution in [2.75, 3.05) is 13.7 Å². The van der Waals surface area contributed by atoms with Gasteiger partial charge in [0.15, 0.2) is 0 Å². The smallest absolute Gasteiger partial charge is 0.0686 e. The molecule has 0 amide bonds. The van der Waals surface area contributed by atoms with E-state index in [0.717, 1.165) is 18.1 Å². The minimum absolute atomic E-state index is 0.210. The number of rotatable bonds is 3. The van der Waals surface area contributed by atoms with Gasteiger partial charge in [0.25, 0.3) is 0 Å². The van der Waals surface area contributed by atoms with Gasteiger partial charge >= 0.3 is 0 Å². The van der Waals surface area contributed by atoms with Crippen molar-refractivity contribution in [1.82, 2.24) is 5.32 Å². The van der Waals surface area contributed by atoms with Gasteiger partial charge in [0.1, 0.15) is 0 Å². The van der Waals surface area contributed by atoms with E-state index < -0.39 is 0 Å². The van der Waals surface area contributed by atoms with Crippen molar-refractivity contribution >= 4 is 22.9 Å². The Balaban J connectivity index is 1.77. The SMILES string of the molecule is CNC(c1sccc1Cl)C1CCOC2(CCC2)C1. The van der Waals surface area contributed by atoms with Crippen LogP contribution >= 0.6 is 22.9 Å². The molecule has 2 fully saturated rings. The summed E-state index contributed by atoms with van der Waals surface area (Å²) in [5.41, 5.74) is 0.210. The zero-order valence-electron chi connectivity index (χ0n) is 10.7. The monoisotopic (exact) mass is 285 g/mol. The highest BCUT2D eigenvalue weighted by molar-refractivity contribution is 7.10. The first-order valence-corrected chi connectivity index (χ1v) is 8.04. The van der Waals surface area contributed by atoms with Gasteiger partial charge < -0.3 is 10.1 Å². The quantitative estimate of drug-likeness (QED) is 0.906. The van der Waals surface area contributed by atoms with E-state index in [-0.39, 0.29) is 5.60 Å². The van der Waals surface area contributed by atoms with Crippen LogP contribution in [0.1, 0.15) is 43.0 Å². The van der Waals surface area contributed by atoms with Crippen LogP contribution in [0.4, 0.5) is 0 Å². The molecule has 1 aromatic rings. The topological polar surface area (TPSA) is 21.3 Å². The molecule has 4 heteroatoms. The van der Waals surface area contributed by atoms with E-state index in [1.165, 1.54) is 30.6 Å². The summed E-state index contributed by atoms with van der Waals surface area (Å²) in [5, 5.41) is 6.47. The van der Waals surface area contributed by atoms with Crippen LogP contribution in [-0.2, 0) is 4.74 Å². The Bertz CT molecular complexity index is 416. The van der Waals surface area contributed by atoms with Crippen molar-refractivity contribution in [3.8, 4) is 0 Å². The second-order valence-electron chi connectivity index (χ2n) is 5.54. The summed E-state index contributed by atoms with van der Waals surface area (Å²) < 4.78 is 6.02. The molecule has 1 aromatic heterocycles. The molecule has 2 heterocycles. The molecule has 100 valence electrons. The standard InChI is InChI=1S/C14H20ClNOS/c1-16-12(13-11(15)4-8-18-13)10-3-7-17-14(9-10)5-2-6-14/h4,8,10,12,16H,2-3,5-7,9H2,1H3. The molecule has 1 saturated carbocycles. The van der Waals surface area contributed by atoms with Crippen LogP contribution < -0.4 is 5.32 Å². The van der Waals surface area contributed by atoms with Crippen molar-refractivity contribution in [3.63, 3.8) is 0 Å². The first kappa shape index (κ1) is 12.9. The van der Waals surface area contributed by atoms with E-state index in [1.807, 2.05) is 13.1 Å². The Morgan fingerprint density at radius 2 is 2.39 bits per heavy atom. The highest BCUT2D eigenvalue weighted by atomic mass is 35.5. The number of hydrogen-bond donors (Lipinski definition) is 1. The molecule has 2 unspecified atom stereocenters. The summed E-state index contributed by atoms with van der Waals surface area (Å²) in [6.07, 6.45) is 6.15. The molecule has 0 aromatic carbocycles. The lowest BCUT2D eigenvalue weighted by molar-refractivity contribution is -0.147. The maximum absolute atomic E-state index is 6.29. The molecule has 1 aliphatic heterocycles. The molecule has 18 heavy (non-hydrogen) atoms.